The molecule has 4 bridgehead atoms. The van der Waals surface area contributed by atoms with Gasteiger partial charge in [-0.05, 0) is 93.6 Å². The van der Waals surface area contributed by atoms with E-state index in [-0.39, 0.29) is 11.6 Å². The zero-order chi connectivity index (χ0) is 21.6. The summed E-state index contributed by atoms with van der Waals surface area (Å²) >= 11 is 0. The third kappa shape index (κ3) is 4.23. The molecule has 4 saturated carbocycles. The summed E-state index contributed by atoms with van der Waals surface area (Å²) in [5.41, 5.74) is 0.816. The Balaban J connectivity index is 1.11. The van der Waals surface area contributed by atoms with Crippen LogP contribution in [0.2, 0.25) is 0 Å². The van der Waals surface area contributed by atoms with E-state index in [1.54, 1.807) is 16.4 Å². The molecule has 0 aromatic heterocycles. The van der Waals surface area contributed by atoms with Crippen LogP contribution in [0.1, 0.15) is 56.9 Å². The lowest BCUT2D eigenvalue weighted by Crippen LogP contribution is -2.61. The molecule has 6 rings (SSSR count). The summed E-state index contributed by atoms with van der Waals surface area (Å²) in [5, 5.41) is 6.47. The van der Waals surface area contributed by atoms with Crippen LogP contribution >= 0.6 is 0 Å². The number of hydrogen-bond acceptors (Lipinski definition) is 3. The maximum Gasteiger partial charge on any atom is 0.315 e. The van der Waals surface area contributed by atoms with Crippen LogP contribution < -0.4 is 10.6 Å². The summed E-state index contributed by atoms with van der Waals surface area (Å²) < 4.78 is 27.6. The minimum absolute atomic E-state index is 0.0306. The second kappa shape index (κ2) is 8.07. The van der Waals surface area contributed by atoms with E-state index >= 15 is 0 Å². The molecule has 0 spiro atoms. The fraction of sp³-hybridized carbons (Fsp3) is 0.708. The summed E-state index contributed by atoms with van der Waals surface area (Å²) in [7, 11) is -3.44. The average molecular weight is 446 g/mol. The number of hydrogen-bond donors (Lipinski definition) is 2. The van der Waals surface area contributed by atoms with Crippen LogP contribution in [-0.2, 0) is 10.0 Å². The SMILES string of the molecule is Cc1ccccc1S(=O)(=O)N1CCC(CNC(=O)NC23CC4CC(CC(C4)C2)C3)CC1. The Labute approximate surface area is 186 Å². The molecule has 5 fully saturated rings. The van der Waals surface area contributed by atoms with Crippen molar-refractivity contribution in [2.24, 2.45) is 23.7 Å². The van der Waals surface area contributed by atoms with Crippen molar-refractivity contribution < 1.29 is 13.2 Å². The molecule has 2 N–H and O–H groups in total. The molecule has 31 heavy (non-hydrogen) atoms. The highest BCUT2D eigenvalue weighted by atomic mass is 32.2. The molecule has 0 atom stereocenters. The van der Waals surface area contributed by atoms with Gasteiger partial charge in [-0.15, -0.1) is 0 Å². The molecule has 1 saturated heterocycles. The molecular formula is C24H35N3O3S. The Morgan fingerprint density at radius 3 is 2.19 bits per heavy atom. The fourth-order valence-corrected chi connectivity index (χ4v) is 8.82. The fourth-order valence-electron chi connectivity index (χ4n) is 7.12. The summed E-state index contributed by atoms with van der Waals surface area (Å²) in [5.74, 6) is 2.76. The number of aryl methyl sites for hydroxylation is 1. The van der Waals surface area contributed by atoms with Gasteiger partial charge in [-0.3, -0.25) is 0 Å². The second-order valence-electron chi connectivity index (χ2n) is 10.6. The first-order chi connectivity index (χ1) is 14.8. The number of piperidine rings is 1. The molecule has 170 valence electrons. The first-order valence-electron chi connectivity index (χ1n) is 11.9. The van der Waals surface area contributed by atoms with E-state index in [0.717, 1.165) is 55.4 Å². The maximum absolute atomic E-state index is 13.0. The van der Waals surface area contributed by atoms with E-state index in [4.69, 9.17) is 0 Å². The minimum atomic E-state index is -3.44. The zero-order valence-electron chi connectivity index (χ0n) is 18.5. The molecule has 0 radical (unpaired) electrons. The van der Waals surface area contributed by atoms with Crippen molar-refractivity contribution in [2.45, 2.75) is 68.7 Å². The molecular weight excluding hydrogens is 410 g/mol. The van der Waals surface area contributed by atoms with Crippen LogP contribution in [0.25, 0.3) is 0 Å². The molecule has 7 heteroatoms. The Hall–Kier alpha value is -1.60. The van der Waals surface area contributed by atoms with Gasteiger partial charge < -0.3 is 10.6 Å². The number of carbonyl (C=O) groups is 1. The van der Waals surface area contributed by atoms with Crippen molar-refractivity contribution in [3.05, 3.63) is 29.8 Å². The summed E-state index contributed by atoms with van der Waals surface area (Å²) in [6.45, 7) is 3.49. The van der Waals surface area contributed by atoms with E-state index in [2.05, 4.69) is 10.6 Å². The molecule has 1 aromatic rings. The van der Waals surface area contributed by atoms with Crippen LogP contribution in [-0.4, -0.2) is 43.9 Å². The number of nitrogens with zero attached hydrogens (tertiary/aromatic N) is 1. The Bertz CT molecular complexity index is 902. The van der Waals surface area contributed by atoms with Crippen LogP contribution in [0.15, 0.2) is 29.2 Å². The molecule has 5 aliphatic rings. The van der Waals surface area contributed by atoms with Gasteiger partial charge in [0.15, 0.2) is 0 Å². The van der Waals surface area contributed by atoms with Gasteiger partial charge in [-0.2, -0.15) is 4.31 Å². The predicted octanol–water partition coefficient (Wildman–Crippen LogP) is 3.66. The topological polar surface area (TPSA) is 78.5 Å². The quantitative estimate of drug-likeness (QED) is 0.726. The first kappa shape index (κ1) is 21.3. The van der Waals surface area contributed by atoms with Gasteiger partial charge in [0.05, 0.1) is 4.90 Å². The Morgan fingerprint density at radius 2 is 1.61 bits per heavy atom. The van der Waals surface area contributed by atoms with Crippen molar-refractivity contribution in [2.75, 3.05) is 19.6 Å². The number of sulfonamides is 1. The lowest BCUT2D eigenvalue weighted by atomic mass is 9.53. The molecule has 1 aliphatic heterocycles. The maximum atomic E-state index is 13.0. The van der Waals surface area contributed by atoms with Gasteiger partial charge >= 0.3 is 6.03 Å². The molecule has 0 unspecified atom stereocenters. The smallest absolute Gasteiger partial charge is 0.315 e. The molecule has 2 amide bonds. The Morgan fingerprint density at radius 1 is 1.03 bits per heavy atom. The summed E-state index contributed by atoms with van der Waals surface area (Å²) in [6, 6.07) is 7.13. The number of nitrogens with one attached hydrogen (secondary N) is 2. The number of rotatable bonds is 5. The van der Waals surface area contributed by atoms with Crippen molar-refractivity contribution in [3.8, 4) is 0 Å². The van der Waals surface area contributed by atoms with E-state index in [9.17, 15) is 13.2 Å². The standard InChI is InChI=1S/C24H35N3O3S/c1-17-4-2-3-5-22(17)31(29,30)27-8-6-18(7-9-27)16-25-23(28)26-24-13-19-10-20(14-24)12-21(11-19)15-24/h2-5,18-21H,6-16H2,1H3,(H2,25,26,28). The first-order valence-corrected chi connectivity index (χ1v) is 13.4. The largest absolute Gasteiger partial charge is 0.338 e. The second-order valence-corrected chi connectivity index (χ2v) is 12.6. The summed E-state index contributed by atoms with van der Waals surface area (Å²) in [4.78, 5) is 13.1. The van der Waals surface area contributed by atoms with E-state index in [1.807, 2.05) is 19.1 Å². The van der Waals surface area contributed by atoms with Crippen molar-refractivity contribution >= 4 is 16.1 Å². The van der Waals surface area contributed by atoms with Gasteiger partial charge in [-0.25, -0.2) is 13.2 Å². The highest BCUT2D eigenvalue weighted by Crippen LogP contribution is 2.55. The number of carbonyl (C=O) groups excluding carboxylic acids is 1. The highest BCUT2D eigenvalue weighted by molar-refractivity contribution is 7.89. The number of amides is 2. The van der Waals surface area contributed by atoms with E-state index in [1.165, 1.54) is 19.3 Å². The van der Waals surface area contributed by atoms with Crippen LogP contribution in [0.3, 0.4) is 0 Å². The molecule has 1 heterocycles. The predicted molar refractivity (Wildman–Crippen MR) is 120 cm³/mol. The van der Waals surface area contributed by atoms with Crippen molar-refractivity contribution in [1.29, 1.82) is 0 Å². The van der Waals surface area contributed by atoms with Gasteiger partial charge in [0.1, 0.15) is 0 Å². The van der Waals surface area contributed by atoms with Gasteiger partial charge in [0.25, 0.3) is 0 Å². The lowest BCUT2D eigenvalue weighted by Gasteiger charge is -2.56. The van der Waals surface area contributed by atoms with Crippen LogP contribution in [0, 0.1) is 30.6 Å². The highest BCUT2D eigenvalue weighted by Gasteiger charge is 2.51. The van der Waals surface area contributed by atoms with Crippen LogP contribution in [0.5, 0.6) is 0 Å². The number of urea groups is 1. The minimum Gasteiger partial charge on any atom is -0.338 e. The van der Waals surface area contributed by atoms with Crippen molar-refractivity contribution in [1.82, 2.24) is 14.9 Å². The van der Waals surface area contributed by atoms with Gasteiger partial charge in [-0.1, -0.05) is 18.2 Å². The Kier molecular flexibility index (Phi) is 5.53. The molecule has 4 aliphatic carbocycles. The third-order valence-electron chi connectivity index (χ3n) is 8.25. The monoisotopic (exact) mass is 445 g/mol. The lowest BCUT2D eigenvalue weighted by molar-refractivity contribution is -0.0135. The average Bonchev–Trinajstić information content (AvgIpc) is 2.71. The molecule has 1 aromatic carbocycles. The summed E-state index contributed by atoms with van der Waals surface area (Å²) in [6.07, 6.45) is 9.13. The molecule has 6 nitrogen and oxygen atoms in total. The van der Waals surface area contributed by atoms with E-state index in [0.29, 0.717) is 30.4 Å². The van der Waals surface area contributed by atoms with Gasteiger partial charge in [0.2, 0.25) is 10.0 Å². The number of benzene rings is 1. The van der Waals surface area contributed by atoms with Gasteiger partial charge in [0, 0.05) is 25.2 Å². The van der Waals surface area contributed by atoms with Crippen LogP contribution in [0.4, 0.5) is 4.79 Å². The zero-order valence-corrected chi connectivity index (χ0v) is 19.3. The van der Waals surface area contributed by atoms with Crippen molar-refractivity contribution in [3.63, 3.8) is 0 Å². The normalized spacial score (nSPS) is 33.4. The van der Waals surface area contributed by atoms with E-state index < -0.39 is 10.0 Å². The third-order valence-corrected chi connectivity index (χ3v) is 10.3.